The molecular weight excluding hydrogens is 356 g/mol. The first-order valence-electron chi connectivity index (χ1n) is 8.68. The number of hydrogen-bond acceptors (Lipinski definition) is 5. The fourth-order valence-electron chi connectivity index (χ4n) is 3.24. The topological polar surface area (TPSA) is 102 Å². The maximum atomic E-state index is 11.6. The summed E-state index contributed by atoms with van der Waals surface area (Å²) < 4.78 is 0. The minimum absolute atomic E-state index is 0.00955. The number of nitrogens with zero attached hydrogens (tertiary/aromatic N) is 2. The molecule has 28 heavy (non-hydrogen) atoms. The number of phenolic OH excluding ortho intramolecular Hbond substituents is 1. The Morgan fingerprint density at radius 2 is 1.82 bits per heavy atom. The van der Waals surface area contributed by atoms with E-state index in [1.54, 1.807) is 42.7 Å². The van der Waals surface area contributed by atoms with Crippen LogP contribution in [-0.4, -0.2) is 15.0 Å². The summed E-state index contributed by atoms with van der Waals surface area (Å²) in [5, 5.41) is 26.6. The number of anilines is 1. The number of nitro groups is 1. The summed E-state index contributed by atoms with van der Waals surface area (Å²) in [6, 6.07) is 18.6. The van der Waals surface area contributed by atoms with Gasteiger partial charge in [0, 0.05) is 29.3 Å². The largest absolute Gasteiger partial charge is 0.505 e. The zero-order valence-corrected chi connectivity index (χ0v) is 14.7. The average molecular weight is 373 g/mol. The Hall–Kier alpha value is -4.00. The van der Waals surface area contributed by atoms with Crippen molar-refractivity contribution >= 4 is 22.4 Å². The van der Waals surface area contributed by atoms with Gasteiger partial charge in [-0.1, -0.05) is 30.3 Å². The SMILES string of the molecule is O=[N+]([O-])c1ccccc1[C@@H](Nc1cccc[nH+]1)c1ccc2cccnc2c1O. The van der Waals surface area contributed by atoms with Gasteiger partial charge in [0.2, 0.25) is 0 Å². The number of nitro benzene ring substituents is 1. The first-order valence-corrected chi connectivity index (χ1v) is 8.68. The number of pyridine rings is 2. The van der Waals surface area contributed by atoms with Gasteiger partial charge >= 0.3 is 0 Å². The normalized spacial score (nSPS) is 11.9. The number of phenols is 1. The minimum atomic E-state index is -0.661. The Kier molecular flexibility index (Phi) is 4.55. The van der Waals surface area contributed by atoms with Gasteiger partial charge in [0.15, 0.2) is 6.04 Å². The summed E-state index contributed by atoms with van der Waals surface area (Å²) in [6.45, 7) is 0. The highest BCUT2D eigenvalue weighted by Crippen LogP contribution is 2.38. The molecule has 0 saturated carbocycles. The van der Waals surface area contributed by atoms with Gasteiger partial charge < -0.3 is 5.11 Å². The third kappa shape index (κ3) is 3.21. The molecule has 2 aromatic heterocycles. The fraction of sp³-hybridized carbons (Fsp3) is 0.0476. The Labute approximate surface area is 160 Å². The van der Waals surface area contributed by atoms with E-state index in [2.05, 4.69) is 15.3 Å². The fourth-order valence-corrected chi connectivity index (χ4v) is 3.24. The summed E-state index contributed by atoms with van der Waals surface area (Å²) in [5.74, 6) is 0.649. The van der Waals surface area contributed by atoms with Gasteiger partial charge in [-0.3, -0.25) is 20.4 Å². The highest BCUT2D eigenvalue weighted by atomic mass is 16.6. The molecule has 7 nitrogen and oxygen atoms in total. The molecule has 4 aromatic rings. The van der Waals surface area contributed by atoms with E-state index in [-0.39, 0.29) is 11.4 Å². The molecule has 0 radical (unpaired) electrons. The van der Waals surface area contributed by atoms with Crippen LogP contribution in [-0.2, 0) is 0 Å². The Bertz CT molecular complexity index is 1150. The summed E-state index contributed by atoms with van der Waals surface area (Å²) in [4.78, 5) is 18.5. The number of aromatic hydroxyl groups is 1. The molecular formula is C21H17N4O3+. The second kappa shape index (κ2) is 7.32. The maximum absolute atomic E-state index is 11.6. The van der Waals surface area contributed by atoms with Crippen molar-refractivity contribution in [3.05, 3.63) is 100 Å². The maximum Gasteiger partial charge on any atom is 0.277 e. The van der Waals surface area contributed by atoms with Gasteiger partial charge in [-0.2, -0.15) is 0 Å². The van der Waals surface area contributed by atoms with Crippen LogP contribution >= 0.6 is 0 Å². The van der Waals surface area contributed by atoms with Crippen molar-refractivity contribution in [2.75, 3.05) is 5.32 Å². The van der Waals surface area contributed by atoms with Crippen LogP contribution in [0, 0.1) is 10.1 Å². The summed E-state index contributed by atoms with van der Waals surface area (Å²) >= 11 is 0. The van der Waals surface area contributed by atoms with Gasteiger partial charge in [-0.15, -0.1) is 0 Å². The van der Waals surface area contributed by atoms with Crippen LogP contribution in [0.2, 0.25) is 0 Å². The second-order valence-corrected chi connectivity index (χ2v) is 6.25. The van der Waals surface area contributed by atoms with Gasteiger partial charge in [-0.05, 0) is 24.3 Å². The number of para-hydroxylation sites is 1. The van der Waals surface area contributed by atoms with E-state index in [1.807, 2.05) is 30.3 Å². The predicted octanol–water partition coefficient (Wildman–Crippen LogP) is 3.86. The molecule has 0 amide bonds. The van der Waals surface area contributed by atoms with E-state index in [0.29, 0.717) is 22.5 Å². The number of hydrogen-bond donors (Lipinski definition) is 2. The van der Waals surface area contributed by atoms with E-state index in [0.717, 1.165) is 5.39 Å². The number of rotatable bonds is 5. The lowest BCUT2D eigenvalue weighted by Gasteiger charge is -2.17. The number of benzene rings is 2. The third-order valence-corrected chi connectivity index (χ3v) is 4.54. The molecule has 7 heteroatoms. The van der Waals surface area contributed by atoms with Crippen LogP contribution in [0.1, 0.15) is 17.2 Å². The zero-order chi connectivity index (χ0) is 19.5. The van der Waals surface area contributed by atoms with Crippen molar-refractivity contribution in [3.8, 4) is 5.75 Å². The average Bonchev–Trinajstić information content (AvgIpc) is 2.74. The molecule has 0 saturated heterocycles. The quantitative estimate of drug-likeness (QED) is 0.408. The van der Waals surface area contributed by atoms with Gasteiger partial charge in [0.05, 0.1) is 16.7 Å². The molecule has 0 bridgehead atoms. The van der Waals surface area contributed by atoms with Gasteiger partial charge in [-0.25, -0.2) is 4.98 Å². The lowest BCUT2D eigenvalue weighted by molar-refractivity contribution is -0.385. The van der Waals surface area contributed by atoms with Crippen molar-refractivity contribution < 1.29 is 15.0 Å². The Balaban J connectivity index is 1.92. The third-order valence-electron chi connectivity index (χ3n) is 4.54. The summed E-state index contributed by atoms with van der Waals surface area (Å²) in [6.07, 6.45) is 3.35. The monoisotopic (exact) mass is 373 g/mol. The molecule has 1 atom stereocenters. The molecule has 0 aliphatic rings. The van der Waals surface area contributed by atoms with E-state index in [9.17, 15) is 15.2 Å². The van der Waals surface area contributed by atoms with E-state index in [4.69, 9.17) is 0 Å². The molecule has 2 aromatic carbocycles. The Morgan fingerprint density at radius 1 is 1.00 bits per heavy atom. The van der Waals surface area contributed by atoms with Crippen LogP contribution < -0.4 is 10.3 Å². The van der Waals surface area contributed by atoms with Crippen LogP contribution in [0.4, 0.5) is 11.5 Å². The lowest BCUT2D eigenvalue weighted by atomic mass is 9.95. The van der Waals surface area contributed by atoms with Crippen molar-refractivity contribution in [2.45, 2.75) is 6.04 Å². The smallest absolute Gasteiger partial charge is 0.277 e. The summed E-state index contributed by atoms with van der Waals surface area (Å²) in [5.41, 5.74) is 1.35. The molecule has 3 N–H and O–H groups in total. The molecule has 0 fully saturated rings. The van der Waals surface area contributed by atoms with E-state index in [1.165, 1.54) is 6.07 Å². The lowest BCUT2D eigenvalue weighted by Crippen LogP contribution is -2.19. The summed E-state index contributed by atoms with van der Waals surface area (Å²) in [7, 11) is 0. The predicted molar refractivity (Wildman–Crippen MR) is 105 cm³/mol. The number of fused-ring (bicyclic) bond motifs is 1. The molecule has 2 heterocycles. The molecule has 138 valence electrons. The van der Waals surface area contributed by atoms with Crippen molar-refractivity contribution in [2.24, 2.45) is 0 Å². The molecule has 0 aliphatic carbocycles. The highest BCUT2D eigenvalue weighted by Gasteiger charge is 2.30. The van der Waals surface area contributed by atoms with E-state index < -0.39 is 11.0 Å². The van der Waals surface area contributed by atoms with Crippen molar-refractivity contribution in [1.82, 2.24) is 4.98 Å². The van der Waals surface area contributed by atoms with Crippen LogP contribution in [0.3, 0.4) is 0 Å². The van der Waals surface area contributed by atoms with Gasteiger partial charge in [0.25, 0.3) is 11.5 Å². The van der Waals surface area contributed by atoms with Crippen LogP contribution in [0.15, 0.2) is 79.1 Å². The first kappa shape index (κ1) is 17.4. The standard InChI is InChI=1S/C21H16N4O3/c26-21-16(11-10-14-6-5-13-23-19(14)21)20(24-18-9-3-4-12-22-18)15-7-1-2-8-17(15)25(27)28/h1-13,20,26H,(H,22,24)/p+1/t20-/m1/s1. The molecule has 0 unspecified atom stereocenters. The number of aromatic amines is 1. The van der Waals surface area contributed by atoms with Gasteiger partial charge in [0.1, 0.15) is 11.3 Å². The van der Waals surface area contributed by atoms with Crippen molar-refractivity contribution in [3.63, 3.8) is 0 Å². The minimum Gasteiger partial charge on any atom is -0.505 e. The number of nitrogens with one attached hydrogen (secondary N) is 2. The number of H-pyrrole nitrogens is 1. The zero-order valence-electron chi connectivity index (χ0n) is 14.7. The van der Waals surface area contributed by atoms with E-state index >= 15 is 0 Å². The Morgan fingerprint density at radius 3 is 2.61 bits per heavy atom. The second-order valence-electron chi connectivity index (χ2n) is 6.25. The number of aromatic nitrogens is 2. The highest BCUT2D eigenvalue weighted by molar-refractivity contribution is 5.86. The molecule has 4 rings (SSSR count). The molecule has 0 spiro atoms. The van der Waals surface area contributed by atoms with Crippen LogP contribution in [0.5, 0.6) is 5.75 Å². The first-order chi connectivity index (χ1) is 13.6. The molecule has 0 aliphatic heterocycles. The van der Waals surface area contributed by atoms with Crippen LogP contribution in [0.25, 0.3) is 10.9 Å². The van der Waals surface area contributed by atoms with Crippen molar-refractivity contribution in [1.29, 1.82) is 0 Å².